The van der Waals surface area contributed by atoms with E-state index in [9.17, 15) is 18.0 Å². The number of aromatic nitrogens is 5. The van der Waals surface area contributed by atoms with Crippen LogP contribution in [-0.2, 0) is 24.7 Å². The number of halogens is 3. The summed E-state index contributed by atoms with van der Waals surface area (Å²) in [6.07, 6.45) is -1.23. The van der Waals surface area contributed by atoms with E-state index < -0.39 is 23.2 Å². The number of hydrogen-bond acceptors (Lipinski definition) is 4. The maximum absolute atomic E-state index is 13.5. The predicted octanol–water partition coefficient (Wildman–Crippen LogP) is 3.19. The highest BCUT2D eigenvalue weighted by Crippen LogP contribution is 2.32. The first-order valence-electron chi connectivity index (χ1n) is 8.77. The van der Waals surface area contributed by atoms with E-state index in [-0.39, 0.29) is 23.6 Å². The van der Waals surface area contributed by atoms with Gasteiger partial charge in [0, 0.05) is 36.3 Å². The number of aryl methyl sites for hydroxylation is 1. The van der Waals surface area contributed by atoms with Crippen LogP contribution < -0.4 is 5.32 Å². The lowest BCUT2D eigenvalue weighted by Gasteiger charge is -2.19. The second kappa shape index (κ2) is 6.92. The molecule has 10 heteroatoms. The van der Waals surface area contributed by atoms with Gasteiger partial charge in [-0.15, -0.1) is 0 Å². The molecule has 0 saturated carbocycles. The molecule has 0 bridgehead atoms. The van der Waals surface area contributed by atoms with Gasteiger partial charge in [0.1, 0.15) is 5.69 Å². The van der Waals surface area contributed by atoms with E-state index in [1.807, 2.05) is 6.92 Å². The van der Waals surface area contributed by atoms with Crippen molar-refractivity contribution in [1.29, 1.82) is 0 Å². The molecule has 0 aliphatic heterocycles. The quantitative estimate of drug-likeness (QED) is 0.737. The second-order valence-electron chi connectivity index (χ2n) is 7.46. The lowest BCUT2D eigenvalue weighted by Crippen LogP contribution is -2.23. The van der Waals surface area contributed by atoms with Gasteiger partial charge in [-0.05, 0) is 13.0 Å². The first-order chi connectivity index (χ1) is 13.0. The molecule has 0 unspecified atom stereocenters. The van der Waals surface area contributed by atoms with E-state index >= 15 is 0 Å². The first-order valence-corrected chi connectivity index (χ1v) is 8.77. The molecule has 0 atom stereocenters. The molecule has 3 aromatic rings. The molecule has 150 valence electrons. The molecule has 0 radical (unpaired) electrons. The molecular formula is C18H21F3N6O. The van der Waals surface area contributed by atoms with Crippen molar-refractivity contribution in [3.05, 3.63) is 47.2 Å². The zero-order chi connectivity index (χ0) is 20.7. The van der Waals surface area contributed by atoms with Gasteiger partial charge in [-0.1, -0.05) is 20.8 Å². The molecule has 0 fully saturated rings. The summed E-state index contributed by atoms with van der Waals surface area (Å²) >= 11 is 0. The molecule has 0 aliphatic carbocycles. The van der Waals surface area contributed by atoms with Crippen LogP contribution in [0.3, 0.4) is 0 Å². The monoisotopic (exact) mass is 394 g/mol. The van der Waals surface area contributed by atoms with Crippen LogP contribution in [0.4, 0.5) is 13.2 Å². The molecule has 1 N–H and O–H groups in total. The van der Waals surface area contributed by atoms with Crippen LogP contribution in [0, 0.1) is 0 Å². The van der Waals surface area contributed by atoms with Crippen LogP contribution >= 0.6 is 0 Å². The van der Waals surface area contributed by atoms with Crippen molar-refractivity contribution in [3.8, 4) is 0 Å². The van der Waals surface area contributed by atoms with Gasteiger partial charge in [0.25, 0.3) is 5.91 Å². The van der Waals surface area contributed by atoms with Gasteiger partial charge in [0.2, 0.25) is 0 Å². The first kappa shape index (κ1) is 19.8. The SMILES string of the molecule is CCn1cc(CNC(=O)c2cc3nc(C(C)(C)C)cc(C(F)(F)F)n3n2)cn1. The maximum Gasteiger partial charge on any atom is 0.433 e. The molecule has 0 aliphatic rings. The fourth-order valence-electron chi connectivity index (χ4n) is 2.62. The normalized spacial score (nSPS) is 12.5. The summed E-state index contributed by atoms with van der Waals surface area (Å²) in [7, 11) is 0. The Bertz CT molecular complexity index is 1010. The number of alkyl halides is 3. The van der Waals surface area contributed by atoms with Crippen LogP contribution in [0.5, 0.6) is 0 Å². The van der Waals surface area contributed by atoms with Gasteiger partial charge in [-0.3, -0.25) is 9.48 Å². The molecule has 0 saturated heterocycles. The van der Waals surface area contributed by atoms with Crippen molar-refractivity contribution in [3.63, 3.8) is 0 Å². The number of hydrogen-bond donors (Lipinski definition) is 1. The number of nitrogens with zero attached hydrogens (tertiary/aromatic N) is 5. The third-order valence-electron chi connectivity index (χ3n) is 4.18. The Kier molecular flexibility index (Phi) is 4.90. The number of carbonyl (C=O) groups excluding carboxylic acids is 1. The maximum atomic E-state index is 13.5. The Morgan fingerprint density at radius 2 is 1.93 bits per heavy atom. The summed E-state index contributed by atoms with van der Waals surface area (Å²) < 4.78 is 42.9. The van der Waals surface area contributed by atoms with E-state index in [0.717, 1.165) is 11.6 Å². The number of amides is 1. The topological polar surface area (TPSA) is 77.1 Å². The summed E-state index contributed by atoms with van der Waals surface area (Å²) in [4.78, 5) is 16.6. The number of carbonyl (C=O) groups is 1. The molecular weight excluding hydrogens is 373 g/mol. The summed E-state index contributed by atoms with van der Waals surface area (Å²) in [5.74, 6) is -0.583. The lowest BCUT2D eigenvalue weighted by molar-refractivity contribution is -0.142. The number of rotatable bonds is 4. The fraction of sp³-hybridized carbons (Fsp3) is 0.444. The summed E-state index contributed by atoms with van der Waals surface area (Å²) in [5, 5.41) is 10.6. The van der Waals surface area contributed by atoms with E-state index in [0.29, 0.717) is 11.1 Å². The minimum absolute atomic E-state index is 0.0243. The van der Waals surface area contributed by atoms with Gasteiger partial charge in [0.05, 0.1) is 11.9 Å². The van der Waals surface area contributed by atoms with E-state index in [2.05, 4.69) is 20.5 Å². The van der Waals surface area contributed by atoms with Gasteiger partial charge >= 0.3 is 6.18 Å². The van der Waals surface area contributed by atoms with Crippen molar-refractivity contribution in [2.24, 2.45) is 0 Å². The van der Waals surface area contributed by atoms with Crippen LogP contribution in [0.25, 0.3) is 5.65 Å². The third kappa shape index (κ3) is 4.00. The van der Waals surface area contributed by atoms with Crippen molar-refractivity contribution < 1.29 is 18.0 Å². The average molecular weight is 394 g/mol. The number of nitrogens with one attached hydrogen (secondary N) is 1. The molecule has 1 amide bonds. The van der Waals surface area contributed by atoms with Crippen LogP contribution in [0.15, 0.2) is 24.5 Å². The minimum atomic E-state index is -4.63. The Hall–Kier alpha value is -2.91. The standard InChI is InChI=1S/C18H21F3N6O/c1-5-26-10-11(9-23-26)8-22-16(28)12-6-15-24-13(17(2,3)4)7-14(18(19,20)21)27(15)25-12/h6-7,9-10H,5,8H2,1-4H3,(H,22,28). The highest BCUT2D eigenvalue weighted by Gasteiger charge is 2.36. The Morgan fingerprint density at radius 3 is 2.50 bits per heavy atom. The van der Waals surface area contributed by atoms with E-state index in [1.165, 1.54) is 6.07 Å². The highest BCUT2D eigenvalue weighted by atomic mass is 19.4. The average Bonchev–Trinajstić information content (AvgIpc) is 3.23. The van der Waals surface area contributed by atoms with Crippen molar-refractivity contribution in [2.75, 3.05) is 0 Å². The minimum Gasteiger partial charge on any atom is -0.346 e. The van der Waals surface area contributed by atoms with Crippen LogP contribution in [0.1, 0.15) is 55.1 Å². The fourth-order valence-corrected chi connectivity index (χ4v) is 2.62. The third-order valence-corrected chi connectivity index (χ3v) is 4.18. The smallest absolute Gasteiger partial charge is 0.346 e. The summed E-state index contributed by atoms with van der Waals surface area (Å²) in [6.45, 7) is 8.14. The molecule has 3 aromatic heterocycles. The lowest BCUT2D eigenvalue weighted by atomic mass is 9.91. The van der Waals surface area contributed by atoms with Crippen molar-refractivity contribution >= 4 is 11.6 Å². The van der Waals surface area contributed by atoms with Gasteiger partial charge in [-0.25, -0.2) is 9.50 Å². The van der Waals surface area contributed by atoms with Crippen LogP contribution in [-0.4, -0.2) is 30.3 Å². The highest BCUT2D eigenvalue weighted by molar-refractivity contribution is 5.93. The zero-order valence-electron chi connectivity index (χ0n) is 16.0. The van der Waals surface area contributed by atoms with Crippen molar-refractivity contribution in [2.45, 2.75) is 52.4 Å². The number of fused-ring (bicyclic) bond motifs is 1. The Labute approximate surface area is 159 Å². The zero-order valence-corrected chi connectivity index (χ0v) is 16.0. The molecule has 0 spiro atoms. The van der Waals surface area contributed by atoms with Crippen LogP contribution in [0.2, 0.25) is 0 Å². The molecule has 0 aromatic carbocycles. The van der Waals surface area contributed by atoms with Crippen molar-refractivity contribution in [1.82, 2.24) is 29.7 Å². The summed E-state index contributed by atoms with van der Waals surface area (Å²) in [5.41, 5.74) is -0.663. The van der Waals surface area contributed by atoms with Gasteiger partial charge < -0.3 is 5.32 Å². The molecule has 3 rings (SSSR count). The molecule has 28 heavy (non-hydrogen) atoms. The second-order valence-corrected chi connectivity index (χ2v) is 7.46. The Balaban J connectivity index is 1.92. The summed E-state index contributed by atoms with van der Waals surface area (Å²) in [6, 6.07) is 2.23. The largest absolute Gasteiger partial charge is 0.433 e. The van der Waals surface area contributed by atoms with Gasteiger partial charge in [0.15, 0.2) is 11.3 Å². The Morgan fingerprint density at radius 1 is 1.21 bits per heavy atom. The molecule has 7 nitrogen and oxygen atoms in total. The van der Waals surface area contributed by atoms with E-state index in [4.69, 9.17) is 0 Å². The van der Waals surface area contributed by atoms with Gasteiger partial charge in [-0.2, -0.15) is 23.4 Å². The molecule has 3 heterocycles. The van der Waals surface area contributed by atoms with E-state index in [1.54, 1.807) is 37.8 Å². The predicted molar refractivity (Wildman–Crippen MR) is 95.8 cm³/mol.